The lowest BCUT2D eigenvalue weighted by molar-refractivity contribution is -0.403. The molecule has 0 aromatic heterocycles. The molecule has 526 valence electrons. The molecule has 0 saturated carbocycles. The molecule has 0 spiro atoms. The minimum Gasteiger partial charge on any atom is -0.394 e. The summed E-state index contributed by atoms with van der Waals surface area (Å²) >= 11 is 0. The summed E-state index contributed by atoms with van der Waals surface area (Å²) in [5, 5.41) is 258. The van der Waals surface area contributed by atoms with Crippen LogP contribution in [0.15, 0.2) is 0 Å². The van der Waals surface area contributed by atoms with E-state index in [1.54, 1.807) is 0 Å². The van der Waals surface area contributed by atoms with Gasteiger partial charge in [-0.05, 0) is 0 Å². The maximum Gasteiger partial charge on any atom is 0.189 e. The van der Waals surface area contributed by atoms with Crippen molar-refractivity contribution >= 4 is 0 Å². The van der Waals surface area contributed by atoms with Crippen LogP contribution < -0.4 is 0 Å². The van der Waals surface area contributed by atoms with Crippen LogP contribution in [0.25, 0.3) is 0 Å². The largest absolute Gasteiger partial charge is 0.394 e. The smallest absolute Gasteiger partial charge is 0.189 e. The van der Waals surface area contributed by atoms with E-state index in [1.165, 1.54) is 14.0 Å². The molecule has 40 nitrogen and oxygen atoms in total. The highest BCUT2D eigenvalue weighted by atomic mass is 16.8. The van der Waals surface area contributed by atoms with Crippen LogP contribution in [-0.4, -0.2) is 422 Å². The zero-order chi connectivity index (χ0) is 66.1. The van der Waals surface area contributed by atoms with Gasteiger partial charge in [0.2, 0.25) is 0 Å². The molecular formula is C50H86O40. The van der Waals surface area contributed by atoms with Gasteiger partial charge in [-0.25, -0.2) is 0 Å². The first-order chi connectivity index (χ1) is 42.8. The van der Waals surface area contributed by atoms with Crippen LogP contribution in [0.3, 0.4) is 0 Å². The number of aliphatic hydroxyl groups excluding tert-OH is 24. The quantitative estimate of drug-likeness (QED) is 0.0452. The summed E-state index contributed by atoms with van der Waals surface area (Å²) in [6, 6.07) is 0. The van der Waals surface area contributed by atoms with Crippen molar-refractivity contribution in [3.05, 3.63) is 0 Å². The molecule has 8 aliphatic heterocycles. The maximum absolute atomic E-state index is 11.4. The van der Waals surface area contributed by atoms with Crippen molar-refractivity contribution in [1.29, 1.82) is 0 Å². The summed E-state index contributed by atoms with van der Waals surface area (Å²) in [7, 11) is 1.18. The predicted molar refractivity (Wildman–Crippen MR) is 272 cm³/mol. The van der Waals surface area contributed by atoms with Crippen molar-refractivity contribution in [2.24, 2.45) is 5.92 Å². The Morgan fingerprint density at radius 2 is 0.400 bits per heavy atom. The summed E-state index contributed by atoms with van der Waals surface area (Å²) in [4.78, 5) is 0. The predicted octanol–water partition coefficient (Wildman–Crippen LogP) is -16.5. The average molecular weight is 1330 g/mol. The Hall–Kier alpha value is -1.60. The second-order valence-corrected chi connectivity index (χ2v) is 23.0. The van der Waals surface area contributed by atoms with Gasteiger partial charge in [-0.15, -0.1) is 0 Å². The molecular weight excluding hydrogens is 1240 g/mol. The molecule has 8 aliphatic rings. The topological polar surface area (TPSA) is 633 Å². The lowest BCUT2D eigenvalue weighted by Crippen LogP contribution is -2.68. The summed E-state index contributed by atoms with van der Waals surface area (Å²) in [6.45, 7) is -6.13. The Kier molecular flexibility index (Phi) is 26.5. The maximum atomic E-state index is 11.4. The summed E-state index contributed by atoms with van der Waals surface area (Å²) in [5.41, 5.74) is 0. The Morgan fingerprint density at radius 1 is 0.211 bits per heavy atom. The van der Waals surface area contributed by atoms with Crippen molar-refractivity contribution in [3.63, 3.8) is 0 Å². The fraction of sp³-hybridized carbons (Fsp3) is 1.00. The van der Waals surface area contributed by atoms with Crippen LogP contribution >= 0.6 is 0 Å². The lowest BCUT2D eigenvalue weighted by Gasteiger charge is -2.50. The molecule has 0 aromatic rings. The minimum atomic E-state index is -2.24. The summed E-state index contributed by atoms with van der Waals surface area (Å²) < 4.78 is 89.8. The first-order valence-corrected chi connectivity index (χ1v) is 28.9. The summed E-state index contributed by atoms with van der Waals surface area (Å²) in [5.74, 6) is -1.11. The fourth-order valence-electron chi connectivity index (χ4n) is 12.0. The average Bonchev–Trinajstić information content (AvgIpc) is 1.69. The molecule has 24 N–H and O–H groups in total. The molecule has 0 radical (unpaired) electrons. The number of aliphatic hydroxyl groups is 24. The fourth-order valence-corrected chi connectivity index (χ4v) is 12.0. The highest BCUT2D eigenvalue weighted by Crippen LogP contribution is 2.39. The van der Waals surface area contributed by atoms with Crippen LogP contribution in [0.1, 0.15) is 6.92 Å². The lowest BCUT2D eigenvalue weighted by atomic mass is 9.89. The van der Waals surface area contributed by atoms with E-state index in [9.17, 15) is 123 Å². The zero-order valence-corrected chi connectivity index (χ0v) is 48.0. The Bertz CT molecular complexity index is 2140. The Morgan fingerprint density at radius 3 is 0.644 bits per heavy atom. The monoisotopic (exact) mass is 1330 g/mol. The van der Waals surface area contributed by atoms with Crippen molar-refractivity contribution < 1.29 is 198 Å². The molecule has 8 saturated heterocycles. The van der Waals surface area contributed by atoms with E-state index in [4.69, 9.17) is 75.8 Å². The van der Waals surface area contributed by atoms with Gasteiger partial charge in [0.1, 0.15) is 183 Å². The highest BCUT2D eigenvalue weighted by Gasteiger charge is 2.59. The number of methoxy groups -OCH3 is 1. The number of hydrogen-bond donors (Lipinski definition) is 24. The van der Waals surface area contributed by atoms with Crippen molar-refractivity contribution in [1.82, 2.24) is 0 Å². The van der Waals surface area contributed by atoms with Crippen LogP contribution in [-0.2, 0) is 75.8 Å². The Labute approximate surface area is 509 Å². The summed E-state index contributed by atoms with van der Waals surface area (Å²) in [6.07, 6.45) is -72.2. The van der Waals surface area contributed by atoms with Crippen LogP contribution in [0.5, 0.6) is 0 Å². The molecule has 90 heavy (non-hydrogen) atoms. The molecule has 8 heterocycles. The molecule has 0 aliphatic carbocycles. The van der Waals surface area contributed by atoms with Crippen LogP contribution in [0.2, 0.25) is 0 Å². The van der Waals surface area contributed by atoms with Crippen LogP contribution in [0.4, 0.5) is 0 Å². The van der Waals surface area contributed by atoms with E-state index in [0.29, 0.717) is 0 Å². The van der Waals surface area contributed by atoms with E-state index >= 15 is 0 Å². The van der Waals surface area contributed by atoms with Gasteiger partial charge in [0.15, 0.2) is 50.3 Å². The van der Waals surface area contributed by atoms with Crippen LogP contribution in [0, 0.1) is 5.92 Å². The van der Waals surface area contributed by atoms with E-state index in [0.717, 1.165) is 0 Å². The molecule has 8 rings (SSSR count). The highest BCUT2D eigenvalue weighted by molar-refractivity contribution is 5.02. The van der Waals surface area contributed by atoms with Crippen molar-refractivity contribution in [2.75, 3.05) is 60.0 Å². The molecule has 40 atom stereocenters. The molecule has 0 aromatic carbocycles. The van der Waals surface area contributed by atoms with Gasteiger partial charge in [-0.3, -0.25) is 0 Å². The van der Waals surface area contributed by atoms with Crippen molar-refractivity contribution in [3.8, 4) is 0 Å². The molecule has 8 fully saturated rings. The SMILES string of the molecule is COC1C(CO)OC(OC2OC(CO)C(OC3C(CO)OC(OC4OC(CO)C(OC5C(CO)OC(OC6OC(CO)C(OC7C(CO)OC(OC8OC(CO)C(O)C(O)C8O)C(O)C7C)C(O)C6O)C(O)C5O)C(O)C4O)C(O)C3O)C(O)C2O)C(O)C1O. The molecule has 40 heteroatoms. The van der Waals surface area contributed by atoms with E-state index in [-0.39, 0.29) is 0 Å². The van der Waals surface area contributed by atoms with Gasteiger partial charge in [-0.1, -0.05) is 6.92 Å². The van der Waals surface area contributed by atoms with Gasteiger partial charge in [0, 0.05) is 13.0 Å². The molecule has 0 bridgehead atoms. The first kappa shape index (κ1) is 74.2. The van der Waals surface area contributed by atoms with Gasteiger partial charge in [0.25, 0.3) is 0 Å². The third-order valence-corrected chi connectivity index (χ3v) is 17.3. The number of rotatable bonds is 23. The van der Waals surface area contributed by atoms with Gasteiger partial charge >= 0.3 is 0 Å². The van der Waals surface area contributed by atoms with Gasteiger partial charge in [-0.2, -0.15) is 0 Å². The molecule has 40 unspecified atom stereocenters. The van der Waals surface area contributed by atoms with E-state index < -0.39 is 298 Å². The van der Waals surface area contributed by atoms with Gasteiger partial charge < -0.3 is 198 Å². The zero-order valence-electron chi connectivity index (χ0n) is 48.0. The normalized spacial score (nSPS) is 53.1. The standard InChI is InChI=1S/C50H86O40/c1-11-20(59)43(87-44-29(68)22(61)21(60)12(3-51)76-44)77-13(4-52)36(11)84-38-15(6-54)79-46(31(70)24(38)63)89-48-33(72)26(65)40(17(8-56)81-48)86-42-19(10-58)83-50(35(74)28(42)67)90-49-34(73)27(66)41(18(9-57)82-49)85-39-16(7-55)80-47(32(71)25(39)64)88-45-30(69)23(62)37(75-2)14(5-53)78-45/h11-74H,3-10H2,1-2H3. The number of ether oxygens (including phenoxy) is 16. The Balaban J connectivity index is 0.848. The third-order valence-electron chi connectivity index (χ3n) is 17.3. The minimum absolute atomic E-state index is 0.713. The van der Waals surface area contributed by atoms with Gasteiger partial charge in [0.05, 0.1) is 59.0 Å². The second-order valence-electron chi connectivity index (χ2n) is 23.0. The van der Waals surface area contributed by atoms with Crippen molar-refractivity contribution in [2.45, 2.75) is 246 Å². The van der Waals surface area contributed by atoms with E-state index in [2.05, 4.69) is 0 Å². The molecule has 0 amide bonds. The second kappa shape index (κ2) is 32.2. The first-order valence-electron chi connectivity index (χ1n) is 28.9. The third kappa shape index (κ3) is 15.1. The van der Waals surface area contributed by atoms with E-state index in [1.807, 2.05) is 0 Å². The number of hydrogen-bond acceptors (Lipinski definition) is 40.